The first kappa shape index (κ1) is 12.0. The fraction of sp³-hybridized carbons (Fsp3) is 0.833. The van der Waals surface area contributed by atoms with Gasteiger partial charge in [0.1, 0.15) is 10.8 Å². The number of hydrogen-bond donors (Lipinski definition) is 1. The van der Waals surface area contributed by atoms with E-state index >= 15 is 0 Å². The summed E-state index contributed by atoms with van der Waals surface area (Å²) in [5.74, 6) is 1.79. The zero-order chi connectivity index (χ0) is 11.4. The maximum absolute atomic E-state index is 4.64. The number of rotatable bonds is 7. The van der Waals surface area contributed by atoms with Gasteiger partial charge in [0.25, 0.3) is 0 Å². The van der Waals surface area contributed by atoms with Crippen LogP contribution >= 0.6 is 11.5 Å². The molecule has 1 heterocycles. The van der Waals surface area contributed by atoms with E-state index in [0.717, 1.165) is 18.8 Å². The van der Waals surface area contributed by atoms with E-state index in [1.165, 1.54) is 30.7 Å². The molecule has 90 valence electrons. The summed E-state index contributed by atoms with van der Waals surface area (Å²) >= 11 is 1.60. The van der Waals surface area contributed by atoms with E-state index in [4.69, 9.17) is 0 Å². The molecule has 1 unspecified atom stereocenters. The SMILES string of the molecule is CCCC(Cc1nc(C2CC2)ns1)NCC. The van der Waals surface area contributed by atoms with Crippen molar-refractivity contribution < 1.29 is 0 Å². The van der Waals surface area contributed by atoms with Crippen molar-refractivity contribution in [3.8, 4) is 0 Å². The molecule has 4 heteroatoms. The van der Waals surface area contributed by atoms with Crippen LogP contribution in [-0.4, -0.2) is 21.9 Å². The van der Waals surface area contributed by atoms with Crippen LogP contribution in [0.5, 0.6) is 0 Å². The Morgan fingerprint density at radius 1 is 1.44 bits per heavy atom. The molecule has 1 aromatic heterocycles. The number of likely N-dealkylation sites (N-methyl/N-ethyl adjacent to an activating group) is 1. The quantitative estimate of drug-likeness (QED) is 0.795. The highest BCUT2D eigenvalue weighted by Crippen LogP contribution is 2.38. The molecule has 0 aliphatic heterocycles. The molecule has 1 atom stereocenters. The lowest BCUT2D eigenvalue weighted by Crippen LogP contribution is -2.30. The first-order valence-electron chi connectivity index (χ1n) is 6.39. The van der Waals surface area contributed by atoms with Gasteiger partial charge in [-0.05, 0) is 37.3 Å². The Morgan fingerprint density at radius 2 is 2.25 bits per heavy atom. The monoisotopic (exact) mass is 239 g/mol. The second-order valence-electron chi connectivity index (χ2n) is 4.57. The first-order valence-corrected chi connectivity index (χ1v) is 7.16. The molecule has 0 spiro atoms. The van der Waals surface area contributed by atoms with Crippen LogP contribution in [0.25, 0.3) is 0 Å². The highest BCUT2D eigenvalue weighted by molar-refractivity contribution is 7.05. The van der Waals surface area contributed by atoms with Gasteiger partial charge in [0.15, 0.2) is 0 Å². The molecular formula is C12H21N3S. The number of aromatic nitrogens is 2. The molecule has 1 N–H and O–H groups in total. The minimum atomic E-state index is 0.579. The first-order chi connectivity index (χ1) is 7.83. The minimum absolute atomic E-state index is 0.579. The van der Waals surface area contributed by atoms with Gasteiger partial charge in [0.05, 0.1) is 0 Å². The smallest absolute Gasteiger partial charge is 0.145 e. The van der Waals surface area contributed by atoms with Crippen LogP contribution in [0.15, 0.2) is 0 Å². The molecule has 0 amide bonds. The van der Waals surface area contributed by atoms with Crippen molar-refractivity contribution in [2.45, 2.75) is 57.9 Å². The molecule has 1 aromatic rings. The average molecular weight is 239 g/mol. The van der Waals surface area contributed by atoms with Gasteiger partial charge in [-0.3, -0.25) is 0 Å². The van der Waals surface area contributed by atoms with E-state index < -0.39 is 0 Å². The van der Waals surface area contributed by atoms with E-state index in [2.05, 4.69) is 28.5 Å². The highest BCUT2D eigenvalue weighted by atomic mass is 32.1. The van der Waals surface area contributed by atoms with Crippen LogP contribution in [0.1, 0.15) is 56.3 Å². The summed E-state index contributed by atoms with van der Waals surface area (Å²) in [5, 5.41) is 4.73. The lowest BCUT2D eigenvalue weighted by atomic mass is 10.1. The van der Waals surface area contributed by atoms with E-state index in [0.29, 0.717) is 12.0 Å². The van der Waals surface area contributed by atoms with Crippen molar-refractivity contribution in [2.24, 2.45) is 0 Å². The average Bonchev–Trinajstić information content (AvgIpc) is 3.01. The van der Waals surface area contributed by atoms with Gasteiger partial charge in [-0.25, -0.2) is 4.98 Å². The third-order valence-corrected chi connectivity index (χ3v) is 3.72. The van der Waals surface area contributed by atoms with Crippen LogP contribution in [0.2, 0.25) is 0 Å². The zero-order valence-electron chi connectivity index (χ0n) is 10.2. The van der Waals surface area contributed by atoms with Gasteiger partial charge in [-0.1, -0.05) is 20.3 Å². The molecule has 2 rings (SSSR count). The van der Waals surface area contributed by atoms with Gasteiger partial charge in [-0.2, -0.15) is 4.37 Å². The zero-order valence-corrected chi connectivity index (χ0v) is 11.0. The van der Waals surface area contributed by atoms with Gasteiger partial charge < -0.3 is 5.32 Å². The van der Waals surface area contributed by atoms with Crippen LogP contribution in [0.3, 0.4) is 0 Å². The molecule has 3 nitrogen and oxygen atoms in total. The third kappa shape index (κ3) is 3.25. The summed E-state index contributed by atoms with van der Waals surface area (Å²) in [6, 6.07) is 0.579. The summed E-state index contributed by atoms with van der Waals surface area (Å²) in [4.78, 5) is 4.64. The third-order valence-electron chi connectivity index (χ3n) is 2.98. The van der Waals surface area contributed by atoms with Gasteiger partial charge in [0, 0.05) is 18.4 Å². The van der Waals surface area contributed by atoms with Crippen molar-refractivity contribution in [3.63, 3.8) is 0 Å². The van der Waals surface area contributed by atoms with E-state index in [1.807, 2.05) is 0 Å². The summed E-state index contributed by atoms with van der Waals surface area (Å²) in [6.07, 6.45) is 6.09. The Morgan fingerprint density at radius 3 is 2.88 bits per heavy atom. The van der Waals surface area contributed by atoms with E-state index in [9.17, 15) is 0 Å². The molecule has 16 heavy (non-hydrogen) atoms. The lowest BCUT2D eigenvalue weighted by molar-refractivity contribution is 0.485. The van der Waals surface area contributed by atoms with Crippen LogP contribution < -0.4 is 5.32 Å². The van der Waals surface area contributed by atoms with Crippen molar-refractivity contribution in [1.29, 1.82) is 0 Å². The maximum Gasteiger partial charge on any atom is 0.145 e. The standard InChI is InChI=1S/C12H21N3S/c1-3-5-10(13-4-2)8-11-14-12(15-16-11)9-6-7-9/h9-10,13H,3-8H2,1-2H3. The van der Waals surface area contributed by atoms with Crippen LogP contribution in [0, 0.1) is 0 Å². The van der Waals surface area contributed by atoms with Crippen molar-refractivity contribution in [2.75, 3.05) is 6.54 Å². The second kappa shape index (κ2) is 5.73. The number of nitrogens with zero attached hydrogens (tertiary/aromatic N) is 2. The predicted molar refractivity (Wildman–Crippen MR) is 68.0 cm³/mol. The van der Waals surface area contributed by atoms with Crippen molar-refractivity contribution in [1.82, 2.24) is 14.7 Å². The van der Waals surface area contributed by atoms with Gasteiger partial charge in [0.2, 0.25) is 0 Å². The summed E-state index contributed by atoms with van der Waals surface area (Å²) in [6.45, 7) is 5.44. The number of nitrogens with one attached hydrogen (secondary N) is 1. The van der Waals surface area contributed by atoms with E-state index in [-0.39, 0.29) is 0 Å². The number of hydrogen-bond acceptors (Lipinski definition) is 4. The molecule has 0 aromatic carbocycles. The Kier molecular flexibility index (Phi) is 4.29. The molecule has 1 saturated carbocycles. The Bertz CT molecular complexity index is 314. The van der Waals surface area contributed by atoms with Crippen molar-refractivity contribution >= 4 is 11.5 Å². The van der Waals surface area contributed by atoms with Gasteiger partial charge in [-0.15, -0.1) is 0 Å². The maximum atomic E-state index is 4.64. The normalized spacial score (nSPS) is 17.6. The summed E-state index contributed by atoms with van der Waals surface area (Å²) in [5.41, 5.74) is 0. The fourth-order valence-electron chi connectivity index (χ4n) is 1.98. The topological polar surface area (TPSA) is 37.8 Å². The summed E-state index contributed by atoms with van der Waals surface area (Å²) in [7, 11) is 0. The second-order valence-corrected chi connectivity index (χ2v) is 5.40. The Balaban J connectivity index is 1.89. The molecule has 0 bridgehead atoms. The Hall–Kier alpha value is -0.480. The Labute approximate surface area is 102 Å². The van der Waals surface area contributed by atoms with E-state index in [1.54, 1.807) is 11.5 Å². The molecule has 1 aliphatic rings. The van der Waals surface area contributed by atoms with Gasteiger partial charge >= 0.3 is 0 Å². The minimum Gasteiger partial charge on any atom is -0.314 e. The molecule has 1 aliphatic carbocycles. The fourth-order valence-corrected chi connectivity index (χ4v) is 2.78. The molecule has 1 fully saturated rings. The molecule has 0 saturated heterocycles. The van der Waals surface area contributed by atoms with Crippen LogP contribution in [0.4, 0.5) is 0 Å². The summed E-state index contributed by atoms with van der Waals surface area (Å²) < 4.78 is 4.45. The highest BCUT2D eigenvalue weighted by Gasteiger charge is 2.27. The van der Waals surface area contributed by atoms with Crippen LogP contribution in [-0.2, 0) is 6.42 Å². The molecule has 0 radical (unpaired) electrons. The molecular weight excluding hydrogens is 218 g/mol. The van der Waals surface area contributed by atoms with Crippen molar-refractivity contribution in [3.05, 3.63) is 10.8 Å². The largest absolute Gasteiger partial charge is 0.314 e. The predicted octanol–water partition coefficient (Wildman–Crippen LogP) is 2.74. The lowest BCUT2D eigenvalue weighted by Gasteiger charge is -2.14.